The van der Waals surface area contributed by atoms with Gasteiger partial charge < -0.3 is 5.32 Å². The Labute approximate surface area is 123 Å². The summed E-state index contributed by atoms with van der Waals surface area (Å²) in [6.45, 7) is 7.40. The zero-order valence-corrected chi connectivity index (χ0v) is 13.2. The van der Waals surface area contributed by atoms with Crippen molar-refractivity contribution in [2.75, 3.05) is 6.54 Å². The van der Waals surface area contributed by atoms with Gasteiger partial charge >= 0.3 is 0 Å². The third kappa shape index (κ3) is 3.45. The van der Waals surface area contributed by atoms with Crippen LogP contribution in [0.15, 0.2) is 34.9 Å². The highest BCUT2D eigenvalue weighted by Crippen LogP contribution is 2.26. The second-order valence-electron chi connectivity index (χ2n) is 4.78. The maximum atomic E-state index is 4.43. The van der Waals surface area contributed by atoms with E-state index in [2.05, 4.69) is 58.4 Å². The summed E-state index contributed by atoms with van der Waals surface area (Å²) in [5.41, 5.74) is 3.38. The lowest BCUT2D eigenvalue weighted by Crippen LogP contribution is -2.19. The molecule has 1 unspecified atom stereocenters. The van der Waals surface area contributed by atoms with E-state index < -0.39 is 0 Å². The van der Waals surface area contributed by atoms with Crippen molar-refractivity contribution in [3.8, 4) is 5.69 Å². The molecule has 3 nitrogen and oxygen atoms in total. The molecule has 1 atom stereocenters. The molecule has 0 aliphatic carbocycles. The molecule has 0 spiro atoms. The van der Waals surface area contributed by atoms with Crippen molar-refractivity contribution in [2.45, 2.75) is 33.2 Å². The first-order valence-corrected chi connectivity index (χ1v) is 7.46. The number of nitrogens with one attached hydrogen (secondary N) is 1. The predicted molar refractivity (Wildman–Crippen MR) is 82.7 cm³/mol. The zero-order valence-electron chi connectivity index (χ0n) is 11.7. The van der Waals surface area contributed by atoms with Crippen molar-refractivity contribution >= 4 is 15.9 Å². The van der Waals surface area contributed by atoms with Gasteiger partial charge in [0.25, 0.3) is 0 Å². The average Bonchev–Trinajstić information content (AvgIpc) is 2.82. The molecule has 0 aliphatic heterocycles. The number of hydrogen-bond acceptors (Lipinski definition) is 2. The minimum absolute atomic E-state index is 0.350. The molecule has 19 heavy (non-hydrogen) atoms. The predicted octanol–water partition coefficient (Wildman–Crippen LogP) is 4.00. The molecule has 1 heterocycles. The zero-order chi connectivity index (χ0) is 13.8. The standard InChI is InChI=1S/C15H20BrN3/c1-4-8-17-12(3)14-6-5-13(10-15(14)16)19-9-7-11(2)18-19/h5-7,9-10,12,17H,4,8H2,1-3H3. The molecule has 102 valence electrons. The highest BCUT2D eigenvalue weighted by molar-refractivity contribution is 9.10. The highest BCUT2D eigenvalue weighted by atomic mass is 79.9. The molecule has 0 amide bonds. The van der Waals surface area contributed by atoms with Crippen LogP contribution >= 0.6 is 15.9 Å². The quantitative estimate of drug-likeness (QED) is 0.901. The molecule has 0 fully saturated rings. The monoisotopic (exact) mass is 321 g/mol. The van der Waals surface area contributed by atoms with Crippen LogP contribution in [0.1, 0.15) is 37.6 Å². The fourth-order valence-corrected chi connectivity index (χ4v) is 2.75. The molecule has 0 bridgehead atoms. The fourth-order valence-electron chi connectivity index (χ4n) is 2.04. The van der Waals surface area contributed by atoms with Gasteiger partial charge in [-0.25, -0.2) is 4.68 Å². The molecule has 2 rings (SSSR count). The van der Waals surface area contributed by atoms with Gasteiger partial charge in [-0.2, -0.15) is 5.10 Å². The first kappa shape index (κ1) is 14.3. The Bertz CT molecular complexity index is 548. The first-order valence-electron chi connectivity index (χ1n) is 6.67. The van der Waals surface area contributed by atoms with Crippen molar-refractivity contribution in [2.24, 2.45) is 0 Å². The Kier molecular flexibility index (Phi) is 4.77. The summed E-state index contributed by atoms with van der Waals surface area (Å²) in [5.74, 6) is 0. The summed E-state index contributed by atoms with van der Waals surface area (Å²) >= 11 is 3.66. The van der Waals surface area contributed by atoms with Gasteiger partial charge in [-0.1, -0.05) is 28.9 Å². The average molecular weight is 322 g/mol. The van der Waals surface area contributed by atoms with E-state index in [1.165, 1.54) is 5.56 Å². The maximum Gasteiger partial charge on any atom is 0.0657 e. The van der Waals surface area contributed by atoms with Crippen LogP contribution in [0.2, 0.25) is 0 Å². The van der Waals surface area contributed by atoms with Crippen LogP contribution in [0.4, 0.5) is 0 Å². The Morgan fingerprint density at radius 3 is 2.74 bits per heavy atom. The smallest absolute Gasteiger partial charge is 0.0657 e. The molecule has 0 saturated heterocycles. The minimum Gasteiger partial charge on any atom is -0.310 e. The lowest BCUT2D eigenvalue weighted by atomic mass is 10.1. The summed E-state index contributed by atoms with van der Waals surface area (Å²) in [6.07, 6.45) is 3.13. The summed E-state index contributed by atoms with van der Waals surface area (Å²) < 4.78 is 3.02. The van der Waals surface area contributed by atoms with Crippen LogP contribution in [0.3, 0.4) is 0 Å². The van der Waals surface area contributed by atoms with E-state index in [0.717, 1.165) is 28.8 Å². The Balaban J connectivity index is 2.21. The Morgan fingerprint density at radius 1 is 1.37 bits per heavy atom. The molecular formula is C15H20BrN3. The van der Waals surface area contributed by atoms with Crippen molar-refractivity contribution in [3.63, 3.8) is 0 Å². The minimum atomic E-state index is 0.350. The van der Waals surface area contributed by atoms with Crippen LogP contribution in [-0.2, 0) is 0 Å². The van der Waals surface area contributed by atoms with E-state index in [4.69, 9.17) is 0 Å². The molecule has 1 aromatic heterocycles. The molecular weight excluding hydrogens is 302 g/mol. The summed E-state index contributed by atoms with van der Waals surface area (Å²) in [7, 11) is 0. The molecule has 0 radical (unpaired) electrons. The first-order chi connectivity index (χ1) is 9.11. The van der Waals surface area contributed by atoms with Crippen molar-refractivity contribution in [1.29, 1.82) is 0 Å². The van der Waals surface area contributed by atoms with Gasteiger partial charge in [0.15, 0.2) is 0 Å². The number of nitrogens with zero attached hydrogens (tertiary/aromatic N) is 2. The normalized spacial score (nSPS) is 12.6. The summed E-state index contributed by atoms with van der Waals surface area (Å²) in [5, 5.41) is 7.93. The fraction of sp³-hybridized carbons (Fsp3) is 0.400. The molecule has 4 heteroatoms. The van der Waals surface area contributed by atoms with Crippen LogP contribution in [0.25, 0.3) is 5.69 Å². The second kappa shape index (κ2) is 6.35. The third-order valence-electron chi connectivity index (χ3n) is 3.14. The van der Waals surface area contributed by atoms with Crippen molar-refractivity contribution in [1.82, 2.24) is 15.1 Å². The SMILES string of the molecule is CCCNC(C)c1ccc(-n2ccc(C)n2)cc1Br. The van der Waals surface area contributed by atoms with E-state index in [-0.39, 0.29) is 0 Å². The largest absolute Gasteiger partial charge is 0.310 e. The molecule has 2 aromatic rings. The van der Waals surface area contributed by atoms with Crippen LogP contribution in [0.5, 0.6) is 0 Å². The van der Waals surface area contributed by atoms with Crippen LogP contribution in [0, 0.1) is 6.92 Å². The van der Waals surface area contributed by atoms with E-state index >= 15 is 0 Å². The van der Waals surface area contributed by atoms with Gasteiger partial charge in [0, 0.05) is 16.7 Å². The van der Waals surface area contributed by atoms with Gasteiger partial charge in [-0.05, 0) is 50.6 Å². The number of rotatable bonds is 5. The Hall–Kier alpha value is -1.13. The van der Waals surface area contributed by atoms with E-state index in [0.29, 0.717) is 6.04 Å². The van der Waals surface area contributed by atoms with Gasteiger partial charge in [-0.3, -0.25) is 0 Å². The number of aryl methyl sites for hydroxylation is 1. The number of aromatic nitrogens is 2. The molecule has 1 N–H and O–H groups in total. The van der Waals surface area contributed by atoms with Gasteiger partial charge in [0.1, 0.15) is 0 Å². The number of hydrogen-bond donors (Lipinski definition) is 1. The second-order valence-corrected chi connectivity index (χ2v) is 5.64. The number of benzene rings is 1. The third-order valence-corrected chi connectivity index (χ3v) is 3.82. The summed E-state index contributed by atoms with van der Waals surface area (Å²) in [6, 6.07) is 8.74. The molecule has 1 aromatic carbocycles. The maximum absolute atomic E-state index is 4.43. The van der Waals surface area contributed by atoms with Gasteiger partial charge in [0.05, 0.1) is 11.4 Å². The van der Waals surface area contributed by atoms with E-state index in [1.807, 2.05) is 23.9 Å². The molecule has 0 saturated carbocycles. The van der Waals surface area contributed by atoms with E-state index in [1.54, 1.807) is 0 Å². The van der Waals surface area contributed by atoms with Crippen LogP contribution < -0.4 is 5.32 Å². The van der Waals surface area contributed by atoms with Crippen LogP contribution in [-0.4, -0.2) is 16.3 Å². The summed E-state index contributed by atoms with van der Waals surface area (Å²) in [4.78, 5) is 0. The lowest BCUT2D eigenvalue weighted by molar-refractivity contribution is 0.569. The van der Waals surface area contributed by atoms with Gasteiger partial charge in [-0.15, -0.1) is 0 Å². The number of halogens is 1. The lowest BCUT2D eigenvalue weighted by Gasteiger charge is -2.16. The van der Waals surface area contributed by atoms with Crippen molar-refractivity contribution < 1.29 is 0 Å². The highest BCUT2D eigenvalue weighted by Gasteiger charge is 2.09. The van der Waals surface area contributed by atoms with Crippen molar-refractivity contribution in [3.05, 3.63) is 46.2 Å². The molecule has 0 aliphatic rings. The topological polar surface area (TPSA) is 29.9 Å². The Morgan fingerprint density at radius 2 is 2.16 bits per heavy atom. The van der Waals surface area contributed by atoms with E-state index in [9.17, 15) is 0 Å². The van der Waals surface area contributed by atoms with Gasteiger partial charge in [0.2, 0.25) is 0 Å².